The van der Waals surface area contributed by atoms with Crippen molar-refractivity contribution in [2.75, 3.05) is 25.7 Å². The molecule has 53 heavy (non-hydrogen) atoms. The quantitative estimate of drug-likeness (QED) is 0.138. The summed E-state index contributed by atoms with van der Waals surface area (Å²) in [6.45, 7) is 3.23. The van der Waals surface area contributed by atoms with Crippen LogP contribution in [-0.2, 0) is 41.6 Å². The Morgan fingerprint density at radius 2 is 1.57 bits per heavy atom. The van der Waals surface area contributed by atoms with Gasteiger partial charge in [-0.2, -0.15) is 11.8 Å². The Morgan fingerprint density at radius 1 is 0.943 bits per heavy atom. The molecule has 4 saturated carbocycles. The number of rotatable bonds is 16. The van der Waals surface area contributed by atoms with Crippen LogP contribution in [0.1, 0.15) is 60.8 Å². The molecule has 0 saturated heterocycles. The number of amides is 3. The molecule has 0 aromatic heterocycles. The summed E-state index contributed by atoms with van der Waals surface area (Å²) in [5.74, 6) is -2.02. The number of hydrogen-bond donors (Lipinski definition) is 6. The molecule has 4 fully saturated rings. The number of phenols is 1. The zero-order chi connectivity index (χ0) is 37.8. The maximum absolute atomic E-state index is 14.7. The number of esters is 1. The molecule has 290 valence electrons. The van der Waals surface area contributed by atoms with Gasteiger partial charge in [-0.3, -0.25) is 24.0 Å². The van der Waals surface area contributed by atoms with Gasteiger partial charge in [0.2, 0.25) is 17.7 Å². The van der Waals surface area contributed by atoms with Gasteiger partial charge in [0.25, 0.3) is 0 Å². The molecule has 8 N–H and O–H groups in total. The fraction of sp³-hybridized carbons (Fsp3) is 0.564. The van der Waals surface area contributed by atoms with E-state index in [0.717, 1.165) is 28.7 Å². The van der Waals surface area contributed by atoms with Crippen LogP contribution in [0.5, 0.6) is 5.75 Å². The third-order valence-electron chi connectivity index (χ3n) is 11.4. The lowest BCUT2D eigenvalue weighted by molar-refractivity contribution is -0.188. The molecular formula is C39H54ClN5O7S. The van der Waals surface area contributed by atoms with Crippen molar-refractivity contribution < 1.29 is 33.8 Å². The standard InChI is InChI=1S/C39H53N5O7S.ClH/c1-22-12-27(45)13-23(2)28(22)16-29(40)35(48)44-30(10-11-52-4)36(49)42-21-32(46)43-31(15-24-8-6-5-7-9-24)33(47)34-38(37(50)51-3)17-25-14-26(18-38)20-39(34,41)19-25;/h5-9,12-13,25-26,29-31,34,45H,10-11,14-21,40-41H2,1-4H3,(H,42,49)(H,43,46)(H,44,48);1H/t25?,26?,29-,30+,31-,34?,38?,39?;/m0./s1. The fourth-order valence-corrected chi connectivity index (χ4v) is 9.96. The number of ether oxygens (including phenoxy) is 1. The van der Waals surface area contributed by atoms with E-state index in [1.165, 1.54) is 18.9 Å². The Kier molecular flexibility index (Phi) is 14.0. The second-order valence-electron chi connectivity index (χ2n) is 15.2. The van der Waals surface area contributed by atoms with Gasteiger partial charge in [0.1, 0.15) is 11.8 Å². The second-order valence-corrected chi connectivity index (χ2v) is 16.2. The number of nitrogens with two attached hydrogens (primary N) is 2. The summed E-state index contributed by atoms with van der Waals surface area (Å²) in [6.07, 6.45) is 5.92. The molecule has 0 radical (unpaired) electrons. The van der Waals surface area contributed by atoms with Gasteiger partial charge in [0, 0.05) is 5.54 Å². The van der Waals surface area contributed by atoms with Crippen molar-refractivity contribution in [3.05, 3.63) is 64.7 Å². The molecule has 0 heterocycles. The molecule has 4 aliphatic rings. The van der Waals surface area contributed by atoms with Gasteiger partial charge >= 0.3 is 5.97 Å². The van der Waals surface area contributed by atoms with Crippen molar-refractivity contribution in [2.24, 2.45) is 34.6 Å². The number of thioether (sulfide) groups is 1. The first kappa shape index (κ1) is 42.1. The topological polar surface area (TPSA) is 203 Å². The highest BCUT2D eigenvalue weighted by Crippen LogP contribution is 2.64. The van der Waals surface area contributed by atoms with E-state index in [9.17, 15) is 29.1 Å². The van der Waals surface area contributed by atoms with Crippen LogP contribution in [0.25, 0.3) is 0 Å². The molecule has 3 amide bonds. The Bertz CT molecular complexity index is 1640. The number of ketones is 1. The Hall–Kier alpha value is -3.65. The number of Topliss-reactive ketones (excluding diaryl/α,β-unsaturated/α-hetero) is 1. The molecule has 14 heteroatoms. The Morgan fingerprint density at radius 3 is 2.15 bits per heavy atom. The number of carbonyl (C=O) groups excluding carboxylic acids is 5. The first-order valence-electron chi connectivity index (χ1n) is 18.1. The van der Waals surface area contributed by atoms with Crippen molar-refractivity contribution in [3.63, 3.8) is 0 Å². The SMILES string of the molecule is COC(=O)C12CC3CC(CC(N)(C3)C1C(=O)[C@H](Cc1ccccc1)NC(=O)CNC(=O)[C@@H](CCSC)NC(=O)[C@@H](N)Cc1c(C)cc(O)cc1C)C2.Cl. The minimum Gasteiger partial charge on any atom is -0.508 e. The zero-order valence-corrected chi connectivity index (χ0v) is 32.6. The third kappa shape index (κ3) is 9.36. The van der Waals surface area contributed by atoms with E-state index in [1.54, 1.807) is 12.1 Å². The molecule has 4 aliphatic carbocycles. The first-order chi connectivity index (χ1) is 24.7. The first-order valence-corrected chi connectivity index (χ1v) is 19.4. The van der Waals surface area contributed by atoms with Crippen LogP contribution in [0, 0.1) is 37.0 Å². The van der Waals surface area contributed by atoms with Crippen LogP contribution in [0.4, 0.5) is 0 Å². The number of halogens is 1. The summed E-state index contributed by atoms with van der Waals surface area (Å²) in [6, 6.07) is 9.61. The molecule has 2 aromatic carbocycles. The lowest BCUT2D eigenvalue weighted by Crippen LogP contribution is -2.72. The average Bonchev–Trinajstić information content (AvgIpc) is 3.09. The van der Waals surface area contributed by atoms with Crippen LogP contribution in [-0.4, -0.2) is 83.9 Å². The summed E-state index contributed by atoms with van der Waals surface area (Å²) in [7, 11) is 1.34. The normalized spacial score (nSPS) is 25.7. The summed E-state index contributed by atoms with van der Waals surface area (Å²) in [5.41, 5.74) is 14.7. The zero-order valence-electron chi connectivity index (χ0n) is 30.9. The maximum atomic E-state index is 14.7. The highest BCUT2D eigenvalue weighted by atomic mass is 35.5. The van der Waals surface area contributed by atoms with Crippen LogP contribution >= 0.6 is 24.2 Å². The molecule has 4 bridgehead atoms. The third-order valence-corrected chi connectivity index (χ3v) is 12.0. The second kappa shape index (κ2) is 17.7. The van der Waals surface area contributed by atoms with Crippen molar-refractivity contribution >= 4 is 53.6 Å². The number of methoxy groups -OCH3 is 1. The van der Waals surface area contributed by atoms with Crippen LogP contribution in [0.3, 0.4) is 0 Å². The molecule has 0 spiro atoms. The molecule has 2 aromatic rings. The van der Waals surface area contributed by atoms with E-state index in [1.807, 2.05) is 50.4 Å². The maximum Gasteiger partial charge on any atom is 0.312 e. The van der Waals surface area contributed by atoms with Gasteiger partial charge in [0.05, 0.1) is 37.1 Å². The smallest absolute Gasteiger partial charge is 0.312 e. The summed E-state index contributed by atoms with van der Waals surface area (Å²) in [5, 5.41) is 18.1. The largest absolute Gasteiger partial charge is 0.508 e. The van der Waals surface area contributed by atoms with Gasteiger partial charge in [-0.25, -0.2) is 0 Å². The number of aromatic hydroxyl groups is 1. The molecule has 3 unspecified atom stereocenters. The Labute approximate surface area is 322 Å². The number of benzene rings is 2. The monoisotopic (exact) mass is 771 g/mol. The predicted octanol–water partition coefficient (Wildman–Crippen LogP) is 2.65. The van der Waals surface area contributed by atoms with Crippen molar-refractivity contribution in [3.8, 4) is 5.75 Å². The highest BCUT2D eigenvalue weighted by Gasteiger charge is 2.68. The van der Waals surface area contributed by atoms with Gasteiger partial charge in [-0.1, -0.05) is 30.3 Å². The van der Waals surface area contributed by atoms with E-state index < -0.39 is 65.2 Å². The molecular weight excluding hydrogens is 718 g/mol. The van der Waals surface area contributed by atoms with E-state index >= 15 is 0 Å². The van der Waals surface area contributed by atoms with E-state index in [4.69, 9.17) is 16.2 Å². The Balaban J connectivity index is 0.00000627. The molecule has 12 nitrogen and oxygen atoms in total. The van der Waals surface area contributed by atoms with E-state index in [2.05, 4.69) is 16.0 Å². The van der Waals surface area contributed by atoms with Crippen molar-refractivity contribution in [2.45, 2.75) is 88.9 Å². The number of nitrogens with one attached hydrogen (secondary N) is 3. The summed E-state index contributed by atoms with van der Waals surface area (Å²) < 4.78 is 5.31. The van der Waals surface area contributed by atoms with E-state index in [-0.39, 0.29) is 48.6 Å². The number of phenolic OH excluding ortho intramolecular Hbond substituents is 1. The van der Waals surface area contributed by atoms with Crippen LogP contribution in [0.15, 0.2) is 42.5 Å². The molecule has 6 rings (SSSR count). The van der Waals surface area contributed by atoms with Gasteiger partial charge in [0.15, 0.2) is 5.78 Å². The van der Waals surface area contributed by atoms with Crippen molar-refractivity contribution in [1.82, 2.24) is 16.0 Å². The fourth-order valence-electron chi connectivity index (χ4n) is 9.48. The molecule has 0 aliphatic heterocycles. The lowest BCUT2D eigenvalue weighted by atomic mass is 9.41. The summed E-state index contributed by atoms with van der Waals surface area (Å²) in [4.78, 5) is 68.3. The minimum absolute atomic E-state index is 0. The number of aryl methyl sites for hydroxylation is 2. The van der Waals surface area contributed by atoms with Gasteiger partial charge in [-0.05, 0) is 123 Å². The van der Waals surface area contributed by atoms with Crippen molar-refractivity contribution in [1.29, 1.82) is 0 Å². The lowest BCUT2D eigenvalue weighted by Gasteiger charge is -2.63. The number of carbonyl (C=O) groups is 5. The number of hydrogen-bond acceptors (Lipinski definition) is 10. The van der Waals surface area contributed by atoms with Gasteiger partial charge < -0.3 is 37.3 Å². The molecule has 6 atom stereocenters. The van der Waals surface area contributed by atoms with Gasteiger partial charge in [-0.15, -0.1) is 12.4 Å². The van der Waals surface area contributed by atoms with E-state index in [0.29, 0.717) is 37.9 Å². The highest BCUT2D eigenvalue weighted by molar-refractivity contribution is 7.98. The van der Waals surface area contributed by atoms with Crippen LogP contribution < -0.4 is 27.4 Å². The van der Waals surface area contributed by atoms with Crippen LogP contribution in [0.2, 0.25) is 0 Å². The average molecular weight is 772 g/mol. The predicted molar refractivity (Wildman–Crippen MR) is 206 cm³/mol. The minimum atomic E-state index is -1.04. The summed E-state index contributed by atoms with van der Waals surface area (Å²) >= 11 is 1.51.